The maximum atomic E-state index is 11.9. The van der Waals surface area contributed by atoms with Gasteiger partial charge in [-0.2, -0.15) is 0 Å². The van der Waals surface area contributed by atoms with Crippen LogP contribution in [0.25, 0.3) is 0 Å². The predicted molar refractivity (Wildman–Crippen MR) is 96.1 cm³/mol. The molecule has 0 saturated carbocycles. The monoisotopic (exact) mass is 368 g/mol. The van der Waals surface area contributed by atoms with Crippen LogP contribution >= 0.6 is 23.2 Å². The van der Waals surface area contributed by atoms with Crippen LogP contribution in [0.1, 0.15) is 5.56 Å². The molecule has 2 aromatic rings. The van der Waals surface area contributed by atoms with Crippen LogP contribution in [0.5, 0.6) is 5.75 Å². The van der Waals surface area contributed by atoms with Crippen LogP contribution in [-0.4, -0.2) is 26.4 Å². The van der Waals surface area contributed by atoms with Crippen molar-refractivity contribution in [1.29, 1.82) is 0 Å². The molecule has 0 fully saturated rings. The number of carbonyl (C=O) groups excluding carboxylic acids is 1. The highest BCUT2D eigenvalue weighted by Gasteiger charge is 2.07. The standard InChI is InChI=1S/C17H18Cl2N2O3/c1-23-9-10-24-13-7-5-12(6-8-13)11-20-17(22)21-15-4-2-3-14(18)16(15)19/h2-8H,9-11H2,1H3,(H2,20,21,22). The van der Waals surface area contributed by atoms with Crippen LogP contribution in [0.2, 0.25) is 10.0 Å². The van der Waals surface area contributed by atoms with Gasteiger partial charge in [0.1, 0.15) is 12.4 Å². The van der Waals surface area contributed by atoms with E-state index in [9.17, 15) is 4.79 Å². The van der Waals surface area contributed by atoms with Gasteiger partial charge in [-0.05, 0) is 29.8 Å². The average Bonchev–Trinajstić information content (AvgIpc) is 2.58. The number of nitrogens with one attached hydrogen (secondary N) is 2. The van der Waals surface area contributed by atoms with Crippen LogP contribution in [0.15, 0.2) is 42.5 Å². The van der Waals surface area contributed by atoms with Gasteiger partial charge in [-0.1, -0.05) is 41.4 Å². The third kappa shape index (κ3) is 5.60. The van der Waals surface area contributed by atoms with Gasteiger partial charge >= 0.3 is 6.03 Å². The van der Waals surface area contributed by atoms with Gasteiger partial charge in [0.25, 0.3) is 0 Å². The minimum atomic E-state index is -0.361. The zero-order valence-corrected chi connectivity index (χ0v) is 14.7. The van der Waals surface area contributed by atoms with Crippen molar-refractivity contribution < 1.29 is 14.3 Å². The second kappa shape index (κ2) is 9.37. The summed E-state index contributed by atoms with van der Waals surface area (Å²) in [7, 11) is 1.62. The predicted octanol–water partition coefficient (Wildman–Crippen LogP) is 4.34. The van der Waals surface area contributed by atoms with Crippen molar-refractivity contribution in [3.63, 3.8) is 0 Å². The molecule has 0 aliphatic rings. The summed E-state index contributed by atoms with van der Waals surface area (Å²) in [5.74, 6) is 0.756. The lowest BCUT2D eigenvalue weighted by atomic mass is 10.2. The molecule has 24 heavy (non-hydrogen) atoms. The number of urea groups is 1. The van der Waals surface area contributed by atoms with E-state index in [1.165, 1.54) is 0 Å². The van der Waals surface area contributed by atoms with Gasteiger partial charge in [0, 0.05) is 13.7 Å². The highest BCUT2D eigenvalue weighted by molar-refractivity contribution is 6.43. The van der Waals surface area contributed by atoms with Gasteiger partial charge in [0.2, 0.25) is 0 Å². The Morgan fingerprint density at radius 2 is 1.83 bits per heavy atom. The first-order valence-corrected chi connectivity index (χ1v) is 8.05. The number of benzene rings is 2. The maximum Gasteiger partial charge on any atom is 0.319 e. The van der Waals surface area contributed by atoms with E-state index < -0.39 is 0 Å². The molecule has 2 N–H and O–H groups in total. The van der Waals surface area contributed by atoms with E-state index in [2.05, 4.69) is 10.6 Å². The third-order valence-electron chi connectivity index (χ3n) is 3.13. The van der Waals surface area contributed by atoms with E-state index >= 15 is 0 Å². The van der Waals surface area contributed by atoms with Gasteiger partial charge in [-0.15, -0.1) is 0 Å². The van der Waals surface area contributed by atoms with Gasteiger partial charge in [0.15, 0.2) is 0 Å². The Bertz CT molecular complexity index is 678. The quantitative estimate of drug-likeness (QED) is 0.714. The molecule has 0 saturated heterocycles. The molecular weight excluding hydrogens is 351 g/mol. The highest BCUT2D eigenvalue weighted by Crippen LogP contribution is 2.29. The molecule has 2 aromatic carbocycles. The fraction of sp³-hybridized carbons (Fsp3) is 0.235. The molecule has 2 amide bonds. The summed E-state index contributed by atoms with van der Waals surface area (Å²) in [6.07, 6.45) is 0. The van der Waals surface area contributed by atoms with Crippen molar-refractivity contribution >= 4 is 34.9 Å². The maximum absolute atomic E-state index is 11.9. The largest absolute Gasteiger partial charge is 0.491 e. The summed E-state index contributed by atoms with van der Waals surface area (Å²) in [4.78, 5) is 11.9. The van der Waals surface area contributed by atoms with E-state index in [0.29, 0.717) is 35.5 Å². The molecule has 0 radical (unpaired) electrons. The number of halogens is 2. The summed E-state index contributed by atoms with van der Waals surface area (Å²) < 4.78 is 10.4. The van der Waals surface area contributed by atoms with Crippen LogP contribution in [0, 0.1) is 0 Å². The smallest absolute Gasteiger partial charge is 0.319 e. The number of ether oxygens (including phenoxy) is 2. The van der Waals surface area contributed by atoms with Crippen molar-refractivity contribution in [1.82, 2.24) is 5.32 Å². The van der Waals surface area contributed by atoms with Crippen molar-refractivity contribution in [3.05, 3.63) is 58.1 Å². The zero-order valence-electron chi connectivity index (χ0n) is 13.1. The van der Waals surface area contributed by atoms with Crippen LogP contribution in [0.3, 0.4) is 0 Å². The third-order valence-corrected chi connectivity index (χ3v) is 3.95. The molecule has 7 heteroatoms. The average molecular weight is 369 g/mol. The molecule has 0 bridgehead atoms. The fourth-order valence-corrected chi connectivity index (χ4v) is 2.24. The van der Waals surface area contributed by atoms with Crippen LogP contribution < -0.4 is 15.4 Å². The second-order valence-corrected chi connectivity index (χ2v) is 5.68. The molecule has 0 atom stereocenters. The van der Waals surface area contributed by atoms with Crippen molar-refractivity contribution in [2.24, 2.45) is 0 Å². The Morgan fingerprint density at radius 3 is 2.54 bits per heavy atom. The number of methoxy groups -OCH3 is 1. The van der Waals surface area contributed by atoms with Crippen LogP contribution in [0.4, 0.5) is 10.5 Å². The van der Waals surface area contributed by atoms with Crippen molar-refractivity contribution in [2.75, 3.05) is 25.6 Å². The topological polar surface area (TPSA) is 59.6 Å². The summed E-state index contributed by atoms with van der Waals surface area (Å²) in [5, 5.41) is 6.11. The highest BCUT2D eigenvalue weighted by atomic mass is 35.5. The van der Waals surface area contributed by atoms with Gasteiger partial charge < -0.3 is 20.1 Å². The minimum Gasteiger partial charge on any atom is -0.491 e. The van der Waals surface area contributed by atoms with Crippen molar-refractivity contribution in [3.8, 4) is 5.75 Å². The normalized spacial score (nSPS) is 10.3. The number of rotatable bonds is 7. The molecular formula is C17H18Cl2N2O3. The zero-order chi connectivity index (χ0) is 17.4. The molecule has 0 aliphatic heterocycles. The lowest BCUT2D eigenvalue weighted by Crippen LogP contribution is -2.28. The molecule has 5 nitrogen and oxygen atoms in total. The molecule has 0 aliphatic carbocycles. The van der Waals surface area contributed by atoms with Gasteiger partial charge in [-0.25, -0.2) is 4.79 Å². The summed E-state index contributed by atoms with van der Waals surface area (Å²) in [6, 6.07) is 12.1. The summed E-state index contributed by atoms with van der Waals surface area (Å²) >= 11 is 11.9. The van der Waals surface area contributed by atoms with Gasteiger partial charge in [0.05, 0.1) is 22.3 Å². The molecule has 128 valence electrons. The van der Waals surface area contributed by atoms with E-state index in [4.69, 9.17) is 32.7 Å². The lowest BCUT2D eigenvalue weighted by Gasteiger charge is -2.10. The number of carbonyl (C=O) groups is 1. The van der Waals surface area contributed by atoms with Crippen LogP contribution in [-0.2, 0) is 11.3 Å². The number of hydrogen-bond acceptors (Lipinski definition) is 3. The van der Waals surface area contributed by atoms with E-state index in [1.807, 2.05) is 24.3 Å². The lowest BCUT2D eigenvalue weighted by molar-refractivity contribution is 0.146. The van der Waals surface area contributed by atoms with E-state index in [1.54, 1.807) is 25.3 Å². The number of hydrogen-bond donors (Lipinski definition) is 2. The summed E-state index contributed by atoms with van der Waals surface area (Å²) in [5.41, 5.74) is 1.41. The SMILES string of the molecule is COCCOc1ccc(CNC(=O)Nc2cccc(Cl)c2Cl)cc1. The van der Waals surface area contributed by atoms with Crippen molar-refractivity contribution in [2.45, 2.75) is 6.54 Å². The van der Waals surface area contributed by atoms with E-state index in [0.717, 1.165) is 11.3 Å². The van der Waals surface area contributed by atoms with E-state index in [-0.39, 0.29) is 6.03 Å². The molecule has 0 aromatic heterocycles. The Kier molecular flexibility index (Phi) is 7.18. The number of amides is 2. The summed E-state index contributed by atoms with van der Waals surface area (Å²) in [6.45, 7) is 1.41. The Morgan fingerprint density at radius 1 is 1.08 bits per heavy atom. The Hall–Kier alpha value is -1.95. The first-order valence-electron chi connectivity index (χ1n) is 7.29. The first kappa shape index (κ1) is 18.4. The molecule has 2 rings (SSSR count). The molecule has 0 heterocycles. The van der Waals surface area contributed by atoms with Gasteiger partial charge in [-0.3, -0.25) is 0 Å². The number of anilines is 1. The second-order valence-electron chi connectivity index (χ2n) is 4.89. The Labute approximate surface area is 150 Å². The minimum absolute atomic E-state index is 0.312. The fourth-order valence-electron chi connectivity index (χ4n) is 1.90. The first-order chi connectivity index (χ1) is 11.6. The molecule has 0 unspecified atom stereocenters. The molecule has 0 spiro atoms. The Balaban J connectivity index is 1.82.